The Balaban J connectivity index is 2.04. The zero-order chi connectivity index (χ0) is 11.0. The molecule has 2 N–H and O–H groups in total. The average Bonchev–Trinajstić information content (AvgIpc) is 2.66. The number of imidazole rings is 1. The number of nitrogens with one attached hydrogen (secondary N) is 2. The topological polar surface area (TPSA) is 40.7 Å². The summed E-state index contributed by atoms with van der Waals surface area (Å²) >= 11 is 0. The van der Waals surface area contributed by atoms with Crippen molar-refractivity contribution in [2.75, 3.05) is 13.6 Å². The van der Waals surface area contributed by atoms with Gasteiger partial charge in [-0.15, -0.1) is 0 Å². The summed E-state index contributed by atoms with van der Waals surface area (Å²) in [5.74, 6) is 1.16. The molecule has 1 aliphatic rings. The van der Waals surface area contributed by atoms with Gasteiger partial charge in [0.25, 0.3) is 0 Å². The molecule has 1 fully saturated rings. The lowest BCUT2D eigenvalue weighted by Gasteiger charge is -2.40. The molecule has 3 nitrogen and oxygen atoms in total. The van der Waals surface area contributed by atoms with Crippen molar-refractivity contribution in [2.45, 2.75) is 24.7 Å². The van der Waals surface area contributed by atoms with E-state index in [9.17, 15) is 0 Å². The van der Waals surface area contributed by atoms with Gasteiger partial charge in [0.2, 0.25) is 0 Å². The van der Waals surface area contributed by atoms with E-state index < -0.39 is 0 Å². The van der Waals surface area contributed by atoms with Crippen LogP contribution in [-0.2, 0) is 5.41 Å². The van der Waals surface area contributed by atoms with E-state index in [1.54, 1.807) is 0 Å². The lowest BCUT2D eigenvalue weighted by Crippen LogP contribution is -2.43. The number of fused-ring (bicyclic) bond motifs is 1. The Labute approximate surface area is 95.3 Å². The number of benzene rings is 1. The Hall–Kier alpha value is -1.35. The zero-order valence-electron chi connectivity index (χ0n) is 9.59. The highest BCUT2D eigenvalue weighted by molar-refractivity contribution is 5.75. The van der Waals surface area contributed by atoms with Crippen LogP contribution in [0.15, 0.2) is 24.3 Å². The molecule has 0 aliphatic heterocycles. The third kappa shape index (κ3) is 1.35. The number of hydrogen-bond donors (Lipinski definition) is 2. The van der Waals surface area contributed by atoms with E-state index in [1.165, 1.54) is 19.3 Å². The minimum Gasteiger partial charge on any atom is -0.341 e. The highest BCUT2D eigenvalue weighted by Gasteiger charge is 2.40. The molecular weight excluding hydrogens is 198 g/mol. The molecule has 0 atom stereocenters. The monoisotopic (exact) mass is 215 g/mol. The molecule has 0 unspecified atom stereocenters. The van der Waals surface area contributed by atoms with E-state index in [1.807, 2.05) is 13.1 Å². The fourth-order valence-corrected chi connectivity index (χ4v) is 2.64. The Morgan fingerprint density at radius 3 is 2.81 bits per heavy atom. The van der Waals surface area contributed by atoms with E-state index in [2.05, 4.69) is 28.5 Å². The first-order valence-electron chi connectivity index (χ1n) is 5.94. The van der Waals surface area contributed by atoms with Crippen LogP contribution in [0.4, 0.5) is 0 Å². The smallest absolute Gasteiger partial charge is 0.114 e. The molecule has 3 rings (SSSR count). The van der Waals surface area contributed by atoms with E-state index >= 15 is 0 Å². The number of H-pyrrole nitrogens is 1. The maximum atomic E-state index is 4.73. The number of nitrogens with zero attached hydrogens (tertiary/aromatic N) is 1. The summed E-state index contributed by atoms with van der Waals surface area (Å²) in [5.41, 5.74) is 2.49. The maximum absolute atomic E-state index is 4.73. The van der Waals surface area contributed by atoms with Gasteiger partial charge < -0.3 is 10.3 Å². The van der Waals surface area contributed by atoms with Gasteiger partial charge in [0.1, 0.15) is 5.82 Å². The van der Waals surface area contributed by atoms with Crippen LogP contribution in [0.1, 0.15) is 25.1 Å². The molecule has 16 heavy (non-hydrogen) atoms. The standard InChI is InChI=1S/C13H17N3/c1-14-9-13(7-4-8-13)12-15-10-5-2-3-6-11(10)16-12/h2-3,5-6,14H,4,7-9H2,1H3,(H,15,16). The SMILES string of the molecule is CNCC1(c2nc3ccccc3[nH]2)CCC1. The second kappa shape index (κ2) is 3.59. The second-order valence-corrected chi connectivity index (χ2v) is 4.77. The fourth-order valence-electron chi connectivity index (χ4n) is 2.64. The van der Waals surface area contributed by atoms with Gasteiger partial charge in [0.15, 0.2) is 0 Å². The molecule has 1 aliphatic carbocycles. The van der Waals surface area contributed by atoms with Gasteiger partial charge in [0.05, 0.1) is 11.0 Å². The van der Waals surface area contributed by atoms with Crippen molar-refractivity contribution < 1.29 is 0 Å². The third-order valence-electron chi connectivity index (χ3n) is 3.72. The minimum atomic E-state index is 0.258. The Morgan fingerprint density at radius 2 is 2.19 bits per heavy atom. The van der Waals surface area contributed by atoms with Crippen LogP contribution in [0.3, 0.4) is 0 Å². The number of hydrogen-bond acceptors (Lipinski definition) is 2. The Morgan fingerprint density at radius 1 is 1.38 bits per heavy atom. The van der Waals surface area contributed by atoms with Crippen molar-refractivity contribution in [1.29, 1.82) is 0 Å². The largest absolute Gasteiger partial charge is 0.341 e. The molecular formula is C13H17N3. The Kier molecular flexibility index (Phi) is 2.21. The molecule has 1 aromatic carbocycles. The lowest BCUT2D eigenvalue weighted by molar-refractivity contribution is 0.227. The molecule has 0 radical (unpaired) electrons. The quantitative estimate of drug-likeness (QED) is 0.824. The fraction of sp³-hybridized carbons (Fsp3) is 0.462. The van der Waals surface area contributed by atoms with Gasteiger partial charge in [-0.3, -0.25) is 0 Å². The molecule has 2 aromatic rings. The van der Waals surface area contributed by atoms with Crippen molar-refractivity contribution in [3.05, 3.63) is 30.1 Å². The van der Waals surface area contributed by atoms with Crippen molar-refractivity contribution in [2.24, 2.45) is 0 Å². The predicted molar refractivity (Wildman–Crippen MR) is 65.5 cm³/mol. The first-order valence-corrected chi connectivity index (χ1v) is 5.94. The summed E-state index contributed by atoms with van der Waals surface area (Å²) in [6.45, 7) is 1.02. The molecule has 0 bridgehead atoms. The predicted octanol–water partition coefficient (Wildman–Crippen LogP) is 2.20. The number of rotatable bonds is 3. The van der Waals surface area contributed by atoms with Crippen LogP contribution < -0.4 is 5.32 Å². The molecule has 84 valence electrons. The molecule has 1 heterocycles. The number of para-hydroxylation sites is 2. The molecule has 3 heteroatoms. The zero-order valence-corrected chi connectivity index (χ0v) is 9.59. The van der Waals surface area contributed by atoms with E-state index in [4.69, 9.17) is 4.98 Å². The van der Waals surface area contributed by atoms with Gasteiger partial charge in [-0.2, -0.15) is 0 Å². The number of likely N-dealkylation sites (N-methyl/N-ethyl adjacent to an activating group) is 1. The van der Waals surface area contributed by atoms with E-state index in [-0.39, 0.29) is 5.41 Å². The van der Waals surface area contributed by atoms with Crippen LogP contribution in [-0.4, -0.2) is 23.6 Å². The molecule has 0 saturated heterocycles. The summed E-state index contributed by atoms with van der Waals surface area (Å²) in [6.07, 6.45) is 3.81. The highest BCUT2D eigenvalue weighted by Crippen LogP contribution is 2.42. The van der Waals surface area contributed by atoms with E-state index in [0.717, 1.165) is 23.4 Å². The lowest BCUT2D eigenvalue weighted by atomic mass is 9.68. The molecule has 1 saturated carbocycles. The summed E-state index contributed by atoms with van der Waals surface area (Å²) in [7, 11) is 2.02. The third-order valence-corrected chi connectivity index (χ3v) is 3.72. The maximum Gasteiger partial charge on any atom is 0.114 e. The minimum absolute atomic E-state index is 0.258. The molecule has 1 aromatic heterocycles. The second-order valence-electron chi connectivity index (χ2n) is 4.77. The Bertz CT molecular complexity index is 464. The normalized spacial score (nSPS) is 18.6. The van der Waals surface area contributed by atoms with Crippen LogP contribution >= 0.6 is 0 Å². The first-order chi connectivity index (χ1) is 7.84. The van der Waals surface area contributed by atoms with Crippen molar-refractivity contribution >= 4 is 11.0 Å². The van der Waals surface area contributed by atoms with Crippen LogP contribution in [0.2, 0.25) is 0 Å². The van der Waals surface area contributed by atoms with Crippen LogP contribution in [0, 0.1) is 0 Å². The summed E-state index contributed by atoms with van der Waals surface area (Å²) in [4.78, 5) is 8.20. The van der Waals surface area contributed by atoms with Crippen LogP contribution in [0.5, 0.6) is 0 Å². The van der Waals surface area contributed by atoms with Crippen molar-refractivity contribution in [1.82, 2.24) is 15.3 Å². The van der Waals surface area contributed by atoms with Gasteiger partial charge in [-0.1, -0.05) is 18.6 Å². The van der Waals surface area contributed by atoms with Gasteiger partial charge in [-0.25, -0.2) is 4.98 Å². The van der Waals surface area contributed by atoms with E-state index in [0.29, 0.717) is 0 Å². The van der Waals surface area contributed by atoms with Gasteiger partial charge in [-0.05, 0) is 32.0 Å². The molecule has 0 amide bonds. The number of aromatic amines is 1. The number of aromatic nitrogens is 2. The first kappa shape index (κ1) is 9.85. The summed E-state index contributed by atoms with van der Waals surface area (Å²) in [6, 6.07) is 8.26. The van der Waals surface area contributed by atoms with Gasteiger partial charge >= 0.3 is 0 Å². The average molecular weight is 215 g/mol. The highest BCUT2D eigenvalue weighted by atomic mass is 15.0. The van der Waals surface area contributed by atoms with Gasteiger partial charge in [0, 0.05) is 12.0 Å². The van der Waals surface area contributed by atoms with Crippen molar-refractivity contribution in [3.63, 3.8) is 0 Å². The summed E-state index contributed by atoms with van der Waals surface area (Å²) in [5, 5.41) is 3.29. The van der Waals surface area contributed by atoms with Crippen molar-refractivity contribution in [3.8, 4) is 0 Å². The van der Waals surface area contributed by atoms with Crippen LogP contribution in [0.25, 0.3) is 11.0 Å². The molecule has 0 spiro atoms. The summed E-state index contributed by atoms with van der Waals surface area (Å²) < 4.78 is 0.